The number of rotatable bonds is 2. The topological polar surface area (TPSA) is 0 Å². The minimum Gasteiger partial charge on any atom is -0.0772 e. The first-order valence-corrected chi connectivity index (χ1v) is 4.37. The summed E-state index contributed by atoms with van der Waals surface area (Å²) in [5.41, 5.74) is 4.30. The first-order valence-electron chi connectivity index (χ1n) is 4.37. The molecule has 0 N–H and O–H groups in total. The lowest BCUT2D eigenvalue weighted by atomic mass is 10.0. The van der Waals surface area contributed by atoms with E-state index in [1.54, 1.807) is 0 Å². The first-order chi connectivity index (χ1) is 5.70. The Morgan fingerprint density at radius 1 is 1.00 bits per heavy atom. The van der Waals surface area contributed by atoms with Crippen molar-refractivity contribution in [3.63, 3.8) is 0 Å². The van der Waals surface area contributed by atoms with Crippen LogP contribution in [0.2, 0.25) is 0 Å². The molecule has 0 aliphatic carbocycles. The second-order valence-corrected chi connectivity index (χ2v) is 3.44. The van der Waals surface area contributed by atoms with Crippen LogP contribution in [0.15, 0.2) is 41.5 Å². The van der Waals surface area contributed by atoms with E-state index in [0.717, 1.165) is 6.42 Å². The minimum atomic E-state index is 1.09. The van der Waals surface area contributed by atoms with Gasteiger partial charge in [0.15, 0.2) is 0 Å². The van der Waals surface area contributed by atoms with Crippen molar-refractivity contribution in [3.05, 3.63) is 47.0 Å². The van der Waals surface area contributed by atoms with Crippen LogP contribution in [0.5, 0.6) is 0 Å². The SMILES string of the molecule is CC(C)=C(C)Cc1ccccc1. The number of benzene rings is 1. The third-order valence-electron chi connectivity index (χ3n) is 2.17. The molecule has 0 saturated carbocycles. The quantitative estimate of drug-likeness (QED) is 0.580. The molecular weight excluding hydrogens is 144 g/mol. The molecule has 1 rings (SSSR count). The van der Waals surface area contributed by atoms with Gasteiger partial charge in [0.1, 0.15) is 0 Å². The Balaban J connectivity index is 2.72. The van der Waals surface area contributed by atoms with Crippen LogP contribution in [0, 0.1) is 0 Å². The zero-order valence-electron chi connectivity index (χ0n) is 8.09. The maximum Gasteiger partial charge on any atom is -0.00674 e. The van der Waals surface area contributed by atoms with Crippen molar-refractivity contribution in [1.82, 2.24) is 0 Å². The van der Waals surface area contributed by atoms with Crippen molar-refractivity contribution in [3.8, 4) is 0 Å². The minimum absolute atomic E-state index is 1.09. The molecule has 0 bridgehead atoms. The molecule has 64 valence electrons. The van der Waals surface area contributed by atoms with Gasteiger partial charge in [0.05, 0.1) is 0 Å². The lowest BCUT2D eigenvalue weighted by Crippen LogP contribution is -1.87. The van der Waals surface area contributed by atoms with Gasteiger partial charge in [-0.15, -0.1) is 0 Å². The van der Waals surface area contributed by atoms with Gasteiger partial charge in [-0.25, -0.2) is 0 Å². The van der Waals surface area contributed by atoms with Crippen molar-refractivity contribution in [2.45, 2.75) is 27.2 Å². The van der Waals surface area contributed by atoms with E-state index in [4.69, 9.17) is 0 Å². The van der Waals surface area contributed by atoms with Crippen molar-refractivity contribution in [1.29, 1.82) is 0 Å². The van der Waals surface area contributed by atoms with E-state index in [0.29, 0.717) is 0 Å². The summed E-state index contributed by atoms with van der Waals surface area (Å²) in [5.74, 6) is 0. The highest BCUT2D eigenvalue weighted by Gasteiger charge is 1.94. The summed E-state index contributed by atoms with van der Waals surface area (Å²) >= 11 is 0. The Labute approximate surface area is 74.9 Å². The molecule has 0 saturated heterocycles. The fourth-order valence-electron chi connectivity index (χ4n) is 1.08. The Kier molecular flexibility index (Phi) is 3.09. The molecule has 0 fully saturated rings. The molecule has 12 heavy (non-hydrogen) atoms. The van der Waals surface area contributed by atoms with Gasteiger partial charge in [-0.05, 0) is 32.8 Å². The van der Waals surface area contributed by atoms with Gasteiger partial charge in [0, 0.05) is 0 Å². The van der Waals surface area contributed by atoms with E-state index >= 15 is 0 Å². The van der Waals surface area contributed by atoms with Gasteiger partial charge < -0.3 is 0 Å². The molecule has 0 heterocycles. The van der Waals surface area contributed by atoms with Gasteiger partial charge >= 0.3 is 0 Å². The van der Waals surface area contributed by atoms with E-state index in [-0.39, 0.29) is 0 Å². The second-order valence-electron chi connectivity index (χ2n) is 3.44. The molecule has 0 unspecified atom stereocenters. The van der Waals surface area contributed by atoms with Crippen LogP contribution in [0.1, 0.15) is 26.3 Å². The average Bonchev–Trinajstić information content (AvgIpc) is 2.06. The van der Waals surface area contributed by atoms with Gasteiger partial charge in [-0.3, -0.25) is 0 Å². The summed E-state index contributed by atoms with van der Waals surface area (Å²) in [6.07, 6.45) is 1.09. The van der Waals surface area contributed by atoms with Crippen LogP contribution in [-0.2, 0) is 6.42 Å². The van der Waals surface area contributed by atoms with E-state index in [1.807, 2.05) is 0 Å². The molecular formula is C12H16. The van der Waals surface area contributed by atoms with E-state index in [2.05, 4.69) is 51.1 Å². The predicted octanol–water partition coefficient (Wildman–Crippen LogP) is 3.59. The molecule has 0 nitrogen and oxygen atoms in total. The maximum atomic E-state index is 2.20. The highest BCUT2D eigenvalue weighted by Crippen LogP contribution is 2.10. The maximum absolute atomic E-state index is 2.20. The van der Waals surface area contributed by atoms with Gasteiger partial charge in [-0.1, -0.05) is 41.5 Å². The lowest BCUT2D eigenvalue weighted by molar-refractivity contribution is 1.09. The van der Waals surface area contributed by atoms with Gasteiger partial charge in [0.2, 0.25) is 0 Å². The van der Waals surface area contributed by atoms with Crippen LogP contribution >= 0.6 is 0 Å². The largest absolute Gasteiger partial charge is 0.0772 e. The van der Waals surface area contributed by atoms with Crippen molar-refractivity contribution in [2.24, 2.45) is 0 Å². The second kappa shape index (κ2) is 4.10. The summed E-state index contributed by atoms with van der Waals surface area (Å²) in [7, 11) is 0. The molecule has 0 amide bonds. The third-order valence-corrected chi connectivity index (χ3v) is 2.17. The molecule has 0 radical (unpaired) electrons. The molecule has 0 spiro atoms. The molecule has 0 aliphatic rings. The average molecular weight is 160 g/mol. The Bertz CT molecular complexity index is 263. The predicted molar refractivity (Wildman–Crippen MR) is 54.2 cm³/mol. The van der Waals surface area contributed by atoms with Gasteiger partial charge in [-0.2, -0.15) is 0 Å². The lowest BCUT2D eigenvalue weighted by Gasteiger charge is -2.03. The zero-order valence-corrected chi connectivity index (χ0v) is 8.09. The molecule has 1 aromatic carbocycles. The number of allylic oxidation sites excluding steroid dienone is 2. The standard InChI is InChI=1S/C12H16/c1-10(2)11(3)9-12-7-5-4-6-8-12/h4-8H,9H2,1-3H3. The Morgan fingerprint density at radius 2 is 1.58 bits per heavy atom. The highest BCUT2D eigenvalue weighted by atomic mass is 14.0. The zero-order chi connectivity index (χ0) is 8.97. The molecule has 0 aliphatic heterocycles. The summed E-state index contributed by atoms with van der Waals surface area (Å²) in [6, 6.07) is 10.6. The smallest absolute Gasteiger partial charge is 0.00674 e. The van der Waals surface area contributed by atoms with E-state index < -0.39 is 0 Å². The summed E-state index contributed by atoms with van der Waals surface area (Å²) in [4.78, 5) is 0. The van der Waals surface area contributed by atoms with Crippen molar-refractivity contribution >= 4 is 0 Å². The normalized spacial score (nSPS) is 9.58. The van der Waals surface area contributed by atoms with Crippen LogP contribution in [0.25, 0.3) is 0 Å². The third kappa shape index (κ3) is 2.54. The van der Waals surface area contributed by atoms with E-state index in [9.17, 15) is 0 Å². The van der Waals surface area contributed by atoms with Crippen molar-refractivity contribution in [2.75, 3.05) is 0 Å². The van der Waals surface area contributed by atoms with Crippen LogP contribution in [0.4, 0.5) is 0 Å². The van der Waals surface area contributed by atoms with E-state index in [1.165, 1.54) is 16.7 Å². The van der Waals surface area contributed by atoms with Crippen LogP contribution in [0.3, 0.4) is 0 Å². The first kappa shape index (κ1) is 9.05. The number of hydrogen-bond acceptors (Lipinski definition) is 0. The number of hydrogen-bond donors (Lipinski definition) is 0. The summed E-state index contributed by atoms with van der Waals surface area (Å²) in [6.45, 7) is 6.53. The monoisotopic (exact) mass is 160 g/mol. The molecule has 1 aromatic rings. The fourth-order valence-corrected chi connectivity index (χ4v) is 1.08. The van der Waals surface area contributed by atoms with Crippen LogP contribution < -0.4 is 0 Å². The Morgan fingerprint density at radius 3 is 2.08 bits per heavy atom. The fraction of sp³-hybridized carbons (Fsp3) is 0.333. The van der Waals surface area contributed by atoms with Crippen molar-refractivity contribution < 1.29 is 0 Å². The molecule has 0 aromatic heterocycles. The Hall–Kier alpha value is -1.04. The van der Waals surface area contributed by atoms with Crippen LogP contribution in [-0.4, -0.2) is 0 Å². The molecule has 0 heteroatoms. The van der Waals surface area contributed by atoms with Gasteiger partial charge in [0.25, 0.3) is 0 Å². The highest BCUT2D eigenvalue weighted by molar-refractivity contribution is 5.22. The molecule has 0 atom stereocenters. The summed E-state index contributed by atoms with van der Waals surface area (Å²) in [5, 5.41) is 0. The summed E-state index contributed by atoms with van der Waals surface area (Å²) < 4.78 is 0.